The third-order valence-electron chi connectivity index (χ3n) is 3.10. The van der Waals surface area contributed by atoms with Gasteiger partial charge in [-0.1, -0.05) is 12.8 Å². The summed E-state index contributed by atoms with van der Waals surface area (Å²) in [6.07, 6.45) is 6.19. The predicted octanol–water partition coefficient (Wildman–Crippen LogP) is 0.987. The normalized spacial score (nSPS) is 25.2. The molecular weight excluding hydrogens is 202 g/mol. The summed E-state index contributed by atoms with van der Waals surface area (Å²) in [6.45, 7) is 0.656. The van der Waals surface area contributed by atoms with Gasteiger partial charge in [-0.15, -0.1) is 0 Å². The third kappa shape index (κ3) is 2.58. The molecule has 1 fully saturated rings. The Morgan fingerprint density at radius 1 is 1.56 bits per heavy atom. The van der Waals surface area contributed by atoms with Gasteiger partial charge in [0.15, 0.2) is 5.82 Å². The molecule has 2 atom stereocenters. The third-order valence-corrected chi connectivity index (χ3v) is 3.10. The van der Waals surface area contributed by atoms with Gasteiger partial charge in [0.25, 0.3) is 0 Å². The lowest BCUT2D eigenvalue weighted by Gasteiger charge is -2.27. The van der Waals surface area contributed by atoms with E-state index in [1.807, 2.05) is 7.05 Å². The number of rotatable bonds is 3. The van der Waals surface area contributed by atoms with Crippen LogP contribution in [0.2, 0.25) is 0 Å². The van der Waals surface area contributed by atoms with Crippen LogP contribution in [0.15, 0.2) is 6.33 Å². The zero-order chi connectivity index (χ0) is 11.4. The number of nitriles is 1. The van der Waals surface area contributed by atoms with Crippen LogP contribution in [0.4, 0.5) is 0 Å². The quantitative estimate of drug-likeness (QED) is 0.823. The van der Waals surface area contributed by atoms with Crippen LogP contribution in [0.5, 0.6) is 0 Å². The molecule has 1 aliphatic carbocycles. The molecule has 1 aromatic heterocycles. The van der Waals surface area contributed by atoms with E-state index in [2.05, 4.69) is 21.5 Å². The van der Waals surface area contributed by atoms with Crippen molar-refractivity contribution in [3.05, 3.63) is 12.2 Å². The Labute approximate surface area is 95.5 Å². The standard InChI is InChI=1S/C11H17N5/c1-16-8-14-11(15-16)7-13-10-5-3-2-4-9(10)6-12/h8-10,13H,2-5,7H2,1H3. The molecule has 0 aliphatic heterocycles. The van der Waals surface area contributed by atoms with Crippen LogP contribution in [0.3, 0.4) is 0 Å². The van der Waals surface area contributed by atoms with Gasteiger partial charge in [0.2, 0.25) is 0 Å². The van der Waals surface area contributed by atoms with Crippen molar-refractivity contribution < 1.29 is 0 Å². The second-order valence-corrected chi connectivity index (χ2v) is 4.34. The number of hydrogen-bond donors (Lipinski definition) is 1. The number of nitrogens with one attached hydrogen (secondary N) is 1. The maximum absolute atomic E-state index is 9.04. The first kappa shape index (κ1) is 11.1. The topological polar surface area (TPSA) is 66.5 Å². The minimum absolute atomic E-state index is 0.150. The van der Waals surface area contributed by atoms with Crippen molar-refractivity contribution in [3.8, 4) is 6.07 Å². The smallest absolute Gasteiger partial charge is 0.164 e. The molecule has 86 valence electrons. The van der Waals surface area contributed by atoms with E-state index in [1.54, 1.807) is 11.0 Å². The highest BCUT2D eigenvalue weighted by Gasteiger charge is 2.24. The monoisotopic (exact) mass is 219 g/mol. The van der Waals surface area contributed by atoms with Gasteiger partial charge in [-0.3, -0.25) is 4.68 Å². The summed E-state index contributed by atoms with van der Waals surface area (Å²) >= 11 is 0. The van der Waals surface area contributed by atoms with Crippen molar-refractivity contribution in [2.75, 3.05) is 0 Å². The van der Waals surface area contributed by atoms with Crippen LogP contribution in [-0.4, -0.2) is 20.8 Å². The second kappa shape index (κ2) is 5.08. The Morgan fingerprint density at radius 2 is 2.38 bits per heavy atom. The van der Waals surface area contributed by atoms with Crippen LogP contribution in [0, 0.1) is 17.2 Å². The van der Waals surface area contributed by atoms with Crippen LogP contribution >= 0.6 is 0 Å². The summed E-state index contributed by atoms with van der Waals surface area (Å²) in [4.78, 5) is 4.16. The van der Waals surface area contributed by atoms with Crippen molar-refractivity contribution in [3.63, 3.8) is 0 Å². The zero-order valence-corrected chi connectivity index (χ0v) is 9.56. The molecule has 1 heterocycles. The van der Waals surface area contributed by atoms with E-state index in [-0.39, 0.29) is 5.92 Å². The molecule has 1 aromatic rings. The lowest BCUT2D eigenvalue weighted by atomic mass is 9.85. The summed E-state index contributed by atoms with van der Waals surface area (Å²) in [7, 11) is 1.86. The van der Waals surface area contributed by atoms with Gasteiger partial charge >= 0.3 is 0 Å². The summed E-state index contributed by atoms with van der Waals surface area (Å²) < 4.78 is 1.69. The highest BCUT2D eigenvalue weighted by atomic mass is 15.3. The predicted molar refractivity (Wildman–Crippen MR) is 59.2 cm³/mol. The van der Waals surface area contributed by atoms with Gasteiger partial charge in [0.1, 0.15) is 6.33 Å². The summed E-state index contributed by atoms with van der Waals surface area (Å²) in [5.41, 5.74) is 0. The van der Waals surface area contributed by atoms with Gasteiger partial charge in [0, 0.05) is 13.1 Å². The molecule has 0 spiro atoms. The average Bonchev–Trinajstić information content (AvgIpc) is 2.73. The minimum atomic E-state index is 0.150. The Hall–Kier alpha value is -1.41. The molecule has 5 nitrogen and oxygen atoms in total. The highest BCUT2D eigenvalue weighted by molar-refractivity contribution is 4.95. The van der Waals surface area contributed by atoms with Crippen molar-refractivity contribution in [2.45, 2.75) is 38.3 Å². The Morgan fingerprint density at radius 3 is 3.06 bits per heavy atom. The molecule has 0 amide bonds. The highest BCUT2D eigenvalue weighted by Crippen LogP contribution is 2.23. The van der Waals surface area contributed by atoms with E-state index >= 15 is 0 Å². The fourth-order valence-corrected chi connectivity index (χ4v) is 2.22. The maximum atomic E-state index is 9.04. The molecule has 1 saturated carbocycles. The van der Waals surface area contributed by atoms with Gasteiger partial charge in [-0.2, -0.15) is 10.4 Å². The van der Waals surface area contributed by atoms with E-state index < -0.39 is 0 Å². The first-order valence-electron chi connectivity index (χ1n) is 5.77. The summed E-state index contributed by atoms with van der Waals surface area (Å²) in [5.74, 6) is 0.947. The van der Waals surface area contributed by atoms with Gasteiger partial charge in [0.05, 0.1) is 18.5 Å². The molecule has 16 heavy (non-hydrogen) atoms. The van der Waals surface area contributed by atoms with Crippen molar-refractivity contribution >= 4 is 0 Å². The molecular formula is C11H17N5. The van der Waals surface area contributed by atoms with Gasteiger partial charge < -0.3 is 5.32 Å². The molecule has 5 heteroatoms. The molecule has 1 N–H and O–H groups in total. The molecule has 2 unspecified atom stereocenters. The van der Waals surface area contributed by atoms with Crippen LogP contribution in [0.25, 0.3) is 0 Å². The molecule has 2 rings (SSSR count). The Kier molecular flexibility index (Phi) is 3.52. The molecule has 1 aliphatic rings. The van der Waals surface area contributed by atoms with Gasteiger partial charge in [-0.05, 0) is 12.8 Å². The first-order chi connectivity index (χ1) is 7.79. The van der Waals surface area contributed by atoms with Crippen molar-refractivity contribution in [2.24, 2.45) is 13.0 Å². The molecule has 0 radical (unpaired) electrons. The number of nitrogens with zero attached hydrogens (tertiary/aromatic N) is 4. The summed E-state index contributed by atoms with van der Waals surface area (Å²) in [6, 6.07) is 2.69. The summed E-state index contributed by atoms with van der Waals surface area (Å²) in [5, 5.41) is 16.6. The number of aromatic nitrogens is 3. The van der Waals surface area contributed by atoms with E-state index in [1.165, 1.54) is 12.8 Å². The minimum Gasteiger partial charge on any atom is -0.306 e. The SMILES string of the molecule is Cn1cnc(CNC2CCCCC2C#N)n1. The van der Waals surface area contributed by atoms with E-state index in [0.29, 0.717) is 12.6 Å². The van der Waals surface area contributed by atoms with Crippen LogP contribution < -0.4 is 5.32 Å². The fraction of sp³-hybridized carbons (Fsp3) is 0.727. The van der Waals surface area contributed by atoms with Crippen LogP contribution in [-0.2, 0) is 13.6 Å². The first-order valence-corrected chi connectivity index (χ1v) is 5.77. The lowest BCUT2D eigenvalue weighted by molar-refractivity contribution is 0.309. The Balaban J connectivity index is 1.87. The van der Waals surface area contributed by atoms with E-state index in [4.69, 9.17) is 5.26 Å². The molecule has 0 saturated heterocycles. The van der Waals surface area contributed by atoms with Crippen molar-refractivity contribution in [1.29, 1.82) is 5.26 Å². The zero-order valence-electron chi connectivity index (χ0n) is 9.56. The van der Waals surface area contributed by atoms with Gasteiger partial charge in [-0.25, -0.2) is 4.98 Å². The fourth-order valence-electron chi connectivity index (χ4n) is 2.22. The van der Waals surface area contributed by atoms with E-state index in [0.717, 1.165) is 18.7 Å². The molecule has 0 aromatic carbocycles. The average molecular weight is 219 g/mol. The van der Waals surface area contributed by atoms with Crippen LogP contribution in [0.1, 0.15) is 31.5 Å². The molecule has 0 bridgehead atoms. The maximum Gasteiger partial charge on any atom is 0.164 e. The largest absolute Gasteiger partial charge is 0.306 e. The Bertz CT molecular complexity index is 378. The lowest BCUT2D eigenvalue weighted by Crippen LogP contribution is -2.37. The number of aryl methyl sites for hydroxylation is 1. The van der Waals surface area contributed by atoms with Crippen molar-refractivity contribution in [1.82, 2.24) is 20.1 Å². The van der Waals surface area contributed by atoms with E-state index in [9.17, 15) is 0 Å². The second-order valence-electron chi connectivity index (χ2n) is 4.34. The number of hydrogen-bond acceptors (Lipinski definition) is 4.